The fraction of sp³-hybridized carbons (Fsp3) is 0.444. The van der Waals surface area contributed by atoms with Crippen LogP contribution < -0.4 is 5.43 Å². The molecule has 0 bridgehead atoms. The summed E-state index contributed by atoms with van der Waals surface area (Å²) in [7, 11) is 0. The Morgan fingerprint density at radius 1 is 0.721 bits per heavy atom. The normalized spacial score (nSPS) is 33.1. The van der Waals surface area contributed by atoms with Crippen LogP contribution in [0.2, 0.25) is 0 Å². The molecule has 0 aliphatic carbocycles. The second-order valence-electron chi connectivity index (χ2n) is 10.3. The minimum atomic E-state index is -1.98. The highest BCUT2D eigenvalue weighted by Crippen LogP contribution is 2.45. The lowest BCUT2D eigenvalue weighted by molar-refractivity contribution is -0.342. The van der Waals surface area contributed by atoms with Crippen molar-refractivity contribution >= 4 is 11.0 Å². The van der Waals surface area contributed by atoms with E-state index in [1.807, 2.05) is 0 Å². The Morgan fingerprint density at radius 3 is 2.05 bits per heavy atom. The third-order valence-corrected chi connectivity index (χ3v) is 7.56. The molecule has 0 saturated carbocycles. The fourth-order valence-electron chi connectivity index (χ4n) is 5.22. The highest BCUT2D eigenvalue weighted by Gasteiger charge is 2.51. The molecule has 0 radical (unpaired) electrons. The van der Waals surface area contributed by atoms with Gasteiger partial charge in [0.1, 0.15) is 83.2 Å². The average molecular weight is 611 g/mol. The smallest absolute Gasteiger partial charge is 0.197 e. The number of aliphatic hydroxyl groups is 7. The number of aliphatic hydroxyl groups excluding tert-OH is 7. The van der Waals surface area contributed by atoms with Crippen molar-refractivity contribution in [1.29, 1.82) is 0 Å². The molecule has 16 heteroatoms. The summed E-state index contributed by atoms with van der Waals surface area (Å²) >= 11 is 0. The molecule has 10 atom stereocenters. The third-order valence-electron chi connectivity index (χ3n) is 7.56. The number of ether oxygens (including phenoxy) is 3. The molecular weight excluding hydrogens is 580 g/mol. The summed E-state index contributed by atoms with van der Waals surface area (Å²) in [5, 5.41) is 113. The van der Waals surface area contributed by atoms with Crippen molar-refractivity contribution in [3.05, 3.63) is 46.1 Å². The molecule has 0 spiro atoms. The van der Waals surface area contributed by atoms with Crippen LogP contribution in [0.1, 0.15) is 11.7 Å². The zero-order valence-corrected chi connectivity index (χ0v) is 22.0. The van der Waals surface area contributed by atoms with Crippen LogP contribution in [0.25, 0.3) is 22.3 Å². The Morgan fingerprint density at radius 2 is 1.40 bits per heavy atom. The fourth-order valence-corrected chi connectivity index (χ4v) is 5.22. The maximum absolute atomic E-state index is 13.1. The Bertz CT molecular complexity index is 1540. The summed E-state index contributed by atoms with van der Waals surface area (Å²) in [6.45, 7) is -1.65. The maximum atomic E-state index is 13.1. The van der Waals surface area contributed by atoms with Gasteiger partial charge in [0.25, 0.3) is 0 Å². The first kappa shape index (κ1) is 30.9. The van der Waals surface area contributed by atoms with Gasteiger partial charge in [0.2, 0.25) is 0 Å². The van der Waals surface area contributed by atoms with Gasteiger partial charge in [0.15, 0.2) is 23.2 Å². The molecule has 2 aliphatic rings. The van der Waals surface area contributed by atoms with Gasteiger partial charge in [0.05, 0.1) is 18.8 Å². The summed E-state index contributed by atoms with van der Waals surface area (Å²) in [4.78, 5) is 13.1. The molecule has 3 aromatic rings. The number of hydrogen-bond acceptors (Lipinski definition) is 16. The van der Waals surface area contributed by atoms with Crippen molar-refractivity contribution in [3.63, 3.8) is 0 Å². The molecule has 11 N–H and O–H groups in total. The van der Waals surface area contributed by atoms with E-state index in [4.69, 9.17) is 18.6 Å². The summed E-state index contributed by atoms with van der Waals surface area (Å²) in [6, 6.07) is 5.53. The van der Waals surface area contributed by atoms with E-state index >= 15 is 0 Å². The average Bonchev–Trinajstić information content (AvgIpc) is 2.97. The molecule has 5 rings (SSSR count). The predicted molar refractivity (Wildman–Crippen MR) is 140 cm³/mol. The maximum Gasteiger partial charge on any atom is 0.197 e. The van der Waals surface area contributed by atoms with Crippen molar-refractivity contribution in [1.82, 2.24) is 0 Å². The number of aromatic hydroxyl groups is 4. The summed E-state index contributed by atoms with van der Waals surface area (Å²) in [6.07, 6.45) is -17.5. The van der Waals surface area contributed by atoms with Crippen molar-refractivity contribution in [3.8, 4) is 34.3 Å². The second-order valence-corrected chi connectivity index (χ2v) is 10.3. The van der Waals surface area contributed by atoms with E-state index < -0.39 is 114 Å². The molecule has 2 fully saturated rings. The first-order valence-corrected chi connectivity index (χ1v) is 13.0. The monoisotopic (exact) mass is 610 g/mol. The van der Waals surface area contributed by atoms with Crippen LogP contribution in [-0.2, 0) is 14.2 Å². The lowest BCUT2D eigenvalue weighted by atomic mass is 9.89. The Labute approximate surface area is 241 Å². The van der Waals surface area contributed by atoms with Crippen molar-refractivity contribution in [2.24, 2.45) is 0 Å². The van der Waals surface area contributed by atoms with E-state index in [-0.39, 0.29) is 16.9 Å². The lowest BCUT2D eigenvalue weighted by Gasteiger charge is -2.46. The Hall–Kier alpha value is -3.55. The van der Waals surface area contributed by atoms with E-state index in [1.165, 1.54) is 6.07 Å². The third kappa shape index (κ3) is 5.38. The highest BCUT2D eigenvalue weighted by atomic mass is 16.7. The molecule has 43 heavy (non-hydrogen) atoms. The number of hydrogen-bond donors (Lipinski definition) is 11. The molecule has 234 valence electrons. The molecule has 0 amide bonds. The molecule has 2 saturated heterocycles. The van der Waals surface area contributed by atoms with Crippen LogP contribution in [0, 0.1) is 0 Å². The highest BCUT2D eigenvalue weighted by molar-refractivity contribution is 5.88. The Balaban J connectivity index is 1.52. The van der Waals surface area contributed by atoms with Gasteiger partial charge in [-0.2, -0.15) is 0 Å². The van der Waals surface area contributed by atoms with Crippen LogP contribution in [-0.4, -0.2) is 125 Å². The zero-order valence-electron chi connectivity index (χ0n) is 22.0. The van der Waals surface area contributed by atoms with Gasteiger partial charge in [-0.1, -0.05) is 0 Å². The zero-order chi connectivity index (χ0) is 31.3. The predicted octanol–water partition coefficient (Wildman–Crippen LogP) is -2.38. The van der Waals surface area contributed by atoms with E-state index in [2.05, 4.69) is 0 Å². The minimum Gasteiger partial charge on any atom is -0.507 e. The molecule has 2 aromatic carbocycles. The molecule has 1 aromatic heterocycles. The van der Waals surface area contributed by atoms with Crippen molar-refractivity contribution in [2.75, 3.05) is 13.2 Å². The van der Waals surface area contributed by atoms with E-state index in [0.29, 0.717) is 0 Å². The molecule has 3 heterocycles. The largest absolute Gasteiger partial charge is 0.507 e. The second kappa shape index (κ2) is 11.9. The van der Waals surface area contributed by atoms with Gasteiger partial charge in [-0.3, -0.25) is 4.79 Å². The van der Waals surface area contributed by atoms with Crippen LogP contribution >= 0.6 is 0 Å². The van der Waals surface area contributed by atoms with Gasteiger partial charge in [-0.05, 0) is 18.2 Å². The number of rotatable bonds is 6. The topological polar surface area (TPSA) is 280 Å². The van der Waals surface area contributed by atoms with Gasteiger partial charge in [0, 0.05) is 17.7 Å². The first-order valence-electron chi connectivity index (χ1n) is 13.0. The standard InChI is InChI=1S/C27H30O16/c28-6-15-19(34)22(37)23(38)27(42-15)43-26-20(35)16(7-29)41-25(24(26)39)18-12(33)5-14-17(21(18)36)11(32)4-13(40-14)8-1-2-9(30)10(31)3-8/h1-5,15-16,19-20,22-31,33-39H,6-7H2/t15-,16-,19-,20-,22+,23-,24+,25-,26+,27-/m1/s1. The number of phenolic OH excluding ortho intramolecular Hbond substituents is 4. The van der Waals surface area contributed by atoms with Gasteiger partial charge < -0.3 is 74.8 Å². The minimum absolute atomic E-state index is 0.0928. The van der Waals surface area contributed by atoms with E-state index in [0.717, 1.165) is 24.3 Å². The molecule has 0 unspecified atom stereocenters. The molecule has 16 nitrogen and oxygen atoms in total. The Kier molecular flexibility index (Phi) is 8.52. The van der Waals surface area contributed by atoms with Crippen LogP contribution in [0.3, 0.4) is 0 Å². The lowest BCUT2D eigenvalue weighted by Crippen LogP contribution is -2.63. The van der Waals surface area contributed by atoms with Crippen molar-refractivity contribution in [2.45, 2.75) is 61.2 Å². The SMILES string of the molecule is O=c1cc(-c2ccc(O)c(O)c2)oc2cc(O)c([C@H]3O[C@H](CO)[C@@H](O)[C@H](O[C@H]4O[C@H](CO)[C@@H](O)[C@H](O)[C@H]4O)[C@H]3O)c(O)c12. The summed E-state index contributed by atoms with van der Waals surface area (Å²) < 4.78 is 22.1. The van der Waals surface area contributed by atoms with E-state index in [1.54, 1.807) is 0 Å². The van der Waals surface area contributed by atoms with E-state index in [9.17, 15) is 61.0 Å². The number of phenols is 4. The molecule has 2 aliphatic heterocycles. The number of fused-ring (bicyclic) bond motifs is 1. The quantitative estimate of drug-likeness (QED) is 0.130. The summed E-state index contributed by atoms with van der Waals surface area (Å²) in [5.41, 5.74) is -1.50. The van der Waals surface area contributed by atoms with Gasteiger partial charge in [-0.15, -0.1) is 0 Å². The number of benzene rings is 2. The van der Waals surface area contributed by atoms with Crippen LogP contribution in [0.4, 0.5) is 0 Å². The van der Waals surface area contributed by atoms with Gasteiger partial charge >= 0.3 is 0 Å². The van der Waals surface area contributed by atoms with Crippen LogP contribution in [0.15, 0.2) is 39.5 Å². The van der Waals surface area contributed by atoms with Crippen molar-refractivity contribution < 1.29 is 74.8 Å². The molecular formula is C27H30O16. The van der Waals surface area contributed by atoms with Gasteiger partial charge in [-0.25, -0.2) is 0 Å². The van der Waals surface area contributed by atoms with Crippen LogP contribution in [0.5, 0.6) is 23.0 Å². The summed E-state index contributed by atoms with van der Waals surface area (Å²) in [5.74, 6) is -2.64. The first-order chi connectivity index (χ1) is 20.4.